The van der Waals surface area contributed by atoms with Crippen LogP contribution in [0, 0.1) is 5.82 Å². The van der Waals surface area contributed by atoms with E-state index in [-0.39, 0.29) is 18.1 Å². The molecule has 0 saturated carbocycles. The smallest absolute Gasteiger partial charge is 0.224 e. The van der Waals surface area contributed by atoms with Crippen molar-refractivity contribution < 1.29 is 13.6 Å². The van der Waals surface area contributed by atoms with Crippen molar-refractivity contribution in [2.24, 2.45) is 0 Å². The maximum absolute atomic E-state index is 13.3. The summed E-state index contributed by atoms with van der Waals surface area (Å²) in [6.07, 6.45) is 4.67. The molecule has 0 aliphatic carbocycles. The Morgan fingerprint density at radius 2 is 2.13 bits per heavy atom. The van der Waals surface area contributed by atoms with Crippen molar-refractivity contribution >= 4 is 12.0 Å². The average molecular weight is 423 g/mol. The third kappa shape index (κ3) is 5.67. The summed E-state index contributed by atoms with van der Waals surface area (Å²) in [7, 11) is 0. The number of halogens is 1. The van der Waals surface area contributed by atoms with Gasteiger partial charge < -0.3 is 14.3 Å². The quantitative estimate of drug-likeness (QED) is 0.633. The number of rotatable bonds is 7. The van der Waals surface area contributed by atoms with E-state index in [0.717, 1.165) is 50.0 Å². The molecule has 1 aliphatic rings. The minimum absolute atomic E-state index is 0.133. The van der Waals surface area contributed by atoms with E-state index in [2.05, 4.69) is 38.0 Å². The first kappa shape index (κ1) is 21.0. The third-order valence-corrected chi connectivity index (χ3v) is 5.30. The number of carbonyl (C=O) groups is 1. The van der Waals surface area contributed by atoms with Crippen LogP contribution in [-0.2, 0) is 30.7 Å². The predicted octanol–water partition coefficient (Wildman–Crippen LogP) is 2.83. The number of nitrogens with one attached hydrogen (secondary N) is 1. The number of aromatic nitrogens is 3. The molecule has 0 saturated heterocycles. The molecule has 0 atom stereocenters. The van der Waals surface area contributed by atoms with E-state index in [1.807, 2.05) is 12.1 Å². The molecular weight excluding hydrogens is 397 g/mol. The number of amides is 1. The molecule has 3 aromatic rings. The van der Waals surface area contributed by atoms with Crippen LogP contribution in [0.3, 0.4) is 0 Å². The van der Waals surface area contributed by atoms with Gasteiger partial charge in [0.1, 0.15) is 17.4 Å². The van der Waals surface area contributed by atoms with E-state index < -0.39 is 0 Å². The molecule has 31 heavy (non-hydrogen) atoms. The molecule has 2 aromatic heterocycles. The molecule has 8 heteroatoms. The third-order valence-electron chi connectivity index (χ3n) is 5.30. The molecule has 7 nitrogen and oxygen atoms in total. The van der Waals surface area contributed by atoms with Gasteiger partial charge in [0.15, 0.2) is 5.82 Å². The summed E-state index contributed by atoms with van der Waals surface area (Å²) >= 11 is 0. The molecule has 0 spiro atoms. The first-order valence-electron chi connectivity index (χ1n) is 10.4. The van der Waals surface area contributed by atoms with Gasteiger partial charge in [0.2, 0.25) is 5.91 Å². The highest BCUT2D eigenvalue weighted by Gasteiger charge is 2.19. The van der Waals surface area contributed by atoms with Gasteiger partial charge in [-0.2, -0.15) is 0 Å². The molecule has 4 rings (SSSR count). The van der Waals surface area contributed by atoms with Crippen molar-refractivity contribution in [2.45, 2.75) is 32.9 Å². The van der Waals surface area contributed by atoms with Gasteiger partial charge in [-0.05, 0) is 42.8 Å². The van der Waals surface area contributed by atoms with E-state index in [1.165, 1.54) is 17.7 Å². The first-order valence-corrected chi connectivity index (χ1v) is 10.4. The minimum atomic E-state index is -0.341. The van der Waals surface area contributed by atoms with Crippen molar-refractivity contribution in [1.29, 1.82) is 0 Å². The van der Waals surface area contributed by atoms with Crippen molar-refractivity contribution in [3.63, 3.8) is 0 Å². The standard InChI is InChI=1S/C23H26FN5O2/c1-17(12-20-6-3-11-31-20)16-28-8-7-21-26-27-22(29(21)10-9-28)15-25-23(30)14-18-4-2-5-19(24)13-18/h2-6,11-13H,7-10,14-16H2,1H3,(H,25,30). The fourth-order valence-electron chi connectivity index (χ4n) is 3.80. The summed E-state index contributed by atoms with van der Waals surface area (Å²) in [6.45, 7) is 5.81. The van der Waals surface area contributed by atoms with Crippen LogP contribution in [0.1, 0.15) is 29.9 Å². The van der Waals surface area contributed by atoms with E-state index in [9.17, 15) is 9.18 Å². The van der Waals surface area contributed by atoms with Crippen molar-refractivity contribution in [2.75, 3.05) is 19.6 Å². The highest BCUT2D eigenvalue weighted by Crippen LogP contribution is 2.13. The maximum Gasteiger partial charge on any atom is 0.224 e. The molecule has 1 amide bonds. The van der Waals surface area contributed by atoms with Crippen molar-refractivity contribution in [1.82, 2.24) is 25.0 Å². The van der Waals surface area contributed by atoms with Gasteiger partial charge in [-0.3, -0.25) is 9.69 Å². The van der Waals surface area contributed by atoms with Crippen molar-refractivity contribution in [3.8, 4) is 0 Å². The highest BCUT2D eigenvalue weighted by atomic mass is 19.1. The van der Waals surface area contributed by atoms with Crippen LogP contribution < -0.4 is 5.32 Å². The Bertz CT molecular complexity index is 1060. The number of fused-ring (bicyclic) bond motifs is 1. The molecule has 0 fully saturated rings. The highest BCUT2D eigenvalue weighted by molar-refractivity contribution is 5.78. The molecule has 0 bridgehead atoms. The second-order valence-corrected chi connectivity index (χ2v) is 7.80. The molecule has 0 unspecified atom stereocenters. The largest absolute Gasteiger partial charge is 0.465 e. The SMILES string of the molecule is CC(=Cc1ccco1)CN1CCc2nnc(CNC(=O)Cc3cccc(F)c3)n2CC1. The zero-order chi connectivity index (χ0) is 21.6. The van der Waals surface area contributed by atoms with Crippen LogP contribution in [0.15, 0.2) is 52.7 Å². The maximum atomic E-state index is 13.3. The van der Waals surface area contributed by atoms with Crippen LogP contribution in [0.25, 0.3) is 6.08 Å². The molecule has 1 aliphatic heterocycles. The lowest BCUT2D eigenvalue weighted by atomic mass is 10.1. The molecule has 1 N–H and O–H groups in total. The zero-order valence-corrected chi connectivity index (χ0v) is 17.6. The van der Waals surface area contributed by atoms with Crippen LogP contribution >= 0.6 is 0 Å². The van der Waals surface area contributed by atoms with Crippen LogP contribution in [-0.4, -0.2) is 45.2 Å². The lowest BCUT2D eigenvalue weighted by Gasteiger charge is -2.19. The minimum Gasteiger partial charge on any atom is -0.465 e. The second-order valence-electron chi connectivity index (χ2n) is 7.80. The van der Waals surface area contributed by atoms with Crippen LogP contribution in [0.4, 0.5) is 4.39 Å². The number of benzene rings is 1. The number of furan rings is 1. The average Bonchev–Trinajstić information content (AvgIpc) is 3.33. The summed E-state index contributed by atoms with van der Waals surface area (Å²) in [5.74, 6) is 2.03. The second kappa shape index (κ2) is 9.70. The lowest BCUT2D eigenvalue weighted by molar-refractivity contribution is -0.120. The number of hydrogen-bond acceptors (Lipinski definition) is 5. The van der Waals surface area contributed by atoms with E-state index in [4.69, 9.17) is 4.42 Å². The van der Waals surface area contributed by atoms with E-state index in [1.54, 1.807) is 18.4 Å². The van der Waals surface area contributed by atoms with Gasteiger partial charge in [0, 0.05) is 32.6 Å². The van der Waals surface area contributed by atoms with Gasteiger partial charge >= 0.3 is 0 Å². The van der Waals surface area contributed by atoms with E-state index >= 15 is 0 Å². The molecular formula is C23H26FN5O2. The van der Waals surface area contributed by atoms with Crippen molar-refractivity contribution in [3.05, 3.63) is 77.0 Å². The zero-order valence-electron chi connectivity index (χ0n) is 17.6. The molecule has 0 radical (unpaired) electrons. The predicted molar refractivity (Wildman–Crippen MR) is 114 cm³/mol. The monoisotopic (exact) mass is 423 g/mol. The molecule has 1 aromatic carbocycles. The van der Waals surface area contributed by atoms with Gasteiger partial charge in [-0.15, -0.1) is 10.2 Å². The fraction of sp³-hybridized carbons (Fsp3) is 0.348. The Morgan fingerprint density at radius 3 is 2.94 bits per heavy atom. The van der Waals surface area contributed by atoms with Crippen LogP contribution in [0.2, 0.25) is 0 Å². The number of carbonyl (C=O) groups excluding carboxylic acids is 1. The first-order chi connectivity index (χ1) is 15.1. The summed E-state index contributed by atoms with van der Waals surface area (Å²) in [6, 6.07) is 9.91. The topological polar surface area (TPSA) is 76.2 Å². The lowest BCUT2D eigenvalue weighted by Crippen LogP contribution is -2.29. The Morgan fingerprint density at radius 1 is 1.23 bits per heavy atom. The number of hydrogen-bond donors (Lipinski definition) is 1. The summed E-state index contributed by atoms with van der Waals surface area (Å²) in [5.41, 5.74) is 1.88. The van der Waals surface area contributed by atoms with Gasteiger partial charge in [0.05, 0.1) is 19.2 Å². The fourth-order valence-corrected chi connectivity index (χ4v) is 3.80. The number of nitrogens with zero attached hydrogens (tertiary/aromatic N) is 4. The van der Waals surface area contributed by atoms with Gasteiger partial charge in [-0.1, -0.05) is 17.7 Å². The van der Waals surface area contributed by atoms with Gasteiger partial charge in [0.25, 0.3) is 0 Å². The Labute approximate surface area is 180 Å². The Hall–Kier alpha value is -3.26. The summed E-state index contributed by atoms with van der Waals surface area (Å²) < 4.78 is 20.8. The molecule has 3 heterocycles. The summed E-state index contributed by atoms with van der Waals surface area (Å²) in [4.78, 5) is 14.6. The van der Waals surface area contributed by atoms with Crippen LogP contribution in [0.5, 0.6) is 0 Å². The molecule has 162 valence electrons. The van der Waals surface area contributed by atoms with Gasteiger partial charge in [-0.25, -0.2) is 4.39 Å². The Kier molecular flexibility index (Phi) is 6.57. The van der Waals surface area contributed by atoms with E-state index in [0.29, 0.717) is 12.1 Å². The summed E-state index contributed by atoms with van der Waals surface area (Å²) in [5, 5.41) is 11.5. The normalized spacial score (nSPS) is 14.8. The Balaban J connectivity index is 1.31.